The molecule has 0 bridgehead atoms. The molecule has 1 amide bonds. The van der Waals surface area contributed by atoms with E-state index in [2.05, 4.69) is 26.7 Å². The maximum Gasteiger partial charge on any atom is 0.248 e. The molecular weight excluding hydrogens is 344 g/mol. The van der Waals surface area contributed by atoms with Crippen molar-refractivity contribution in [2.75, 3.05) is 32.8 Å². The van der Waals surface area contributed by atoms with Crippen molar-refractivity contribution in [3.8, 4) is 6.07 Å². The molecule has 8 heteroatoms. The number of hydrogen-bond acceptors (Lipinski definition) is 5. The standard InChI is InChI=1S/C19H22N6O2/c1-14-12-23-19(22-7-4-8-25-9-10-27-13-17(25)26)24-18(14)15(11-20)16-5-2-3-6-21-16/h2-3,5-6,12H,4,7-10,13H2,1H3,(H2,22,23,24)/b18-15-. The maximum atomic E-state index is 11.7. The zero-order valence-electron chi connectivity index (χ0n) is 15.2. The molecule has 3 heterocycles. The van der Waals surface area contributed by atoms with Gasteiger partial charge in [0.05, 0.1) is 18.0 Å². The second-order valence-corrected chi connectivity index (χ2v) is 6.19. The third-order valence-corrected chi connectivity index (χ3v) is 4.29. The number of allylic oxidation sites excluding steroid dienone is 2. The Bertz CT molecular complexity index is 822. The summed E-state index contributed by atoms with van der Waals surface area (Å²) in [5.41, 5.74) is 2.67. The molecule has 140 valence electrons. The lowest BCUT2D eigenvalue weighted by Crippen LogP contribution is -2.42. The van der Waals surface area contributed by atoms with E-state index in [0.717, 1.165) is 12.0 Å². The molecule has 2 aliphatic heterocycles. The van der Waals surface area contributed by atoms with Crippen LogP contribution in [0.2, 0.25) is 0 Å². The number of hydrogen-bond donors (Lipinski definition) is 2. The number of nitrogens with one attached hydrogen (secondary N) is 2. The van der Waals surface area contributed by atoms with Crippen LogP contribution in [0.5, 0.6) is 0 Å². The van der Waals surface area contributed by atoms with Crippen LogP contribution in [-0.2, 0) is 9.53 Å². The smallest absolute Gasteiger partial charge is 0.248 e. The van der Waals surface area contributed by atoms with Crippen LogP contribution in [0.4, 0.5) is 0 Å². The fourth-order valence-electron chi connectivity index (χ4n) is 2.84. The number of amides is 1. The average Bonchev–Trinajstić information content (AvgIpc) is 2.70. The molecule has 27 heavy (non-hydrogen) atoms. The maximum absolute atomic E-state index is 11.7. The van der Waals surface area contributed by atoms with Crippen LogP contribution < -0.4 is 10.6 Å². The molecule has 0 unspecified atom stereocenters. The molecule has 1 aromatic heterocycles. The van der Waals surface area contributed by atoms with Gasteiger partial charge >= 0.3 is 0 Å². The summed E-state index contributed by atoms with van der Waals surface area (Å²) in [6.07, 6.45) is 4.23. The van der Waals surface area contributed by atoms with E-state index in [1.807, 2.05) is 25.3 Å². The summed E-state index contributed by atoms with van der Waals surface area (Å²) in [6.45, 7) is 4.53. The summed E-state index contributed by atoms with van der Waals surface area (Å²) < 4.78 is 5.12. The number of pyridine rings is 1. The summed E-state index contributed by atoms with van der Waals surface area (Å²) in [6, 6.07) is 7.70. The fraction of sp³-hybridized carbons (Fsp3) is 0.368. The van der Waals surface area contributed by atoms with Crippen molar-refractivity contribution in [3.05, 3.63) is 47.6 Å². The zero-order chi connectivity index (χ0) is 19.1. The second kappa shape index (κ2) is 8.96. The van der Waals surface area contributed by atoms with Crippen LogP contribution in [-0.4, -0.2) is 54.6 Å². The van der Waals surface area contributed by atoms with Gasteiger partial charge < -0.3 is 20.3 Å². The number of guanidine groups is 1. The molecule has 1 saturated heterocycles. The van der Waals surface area contributed by atoms with E-state index < -0.39 is 0 Å². The van der Waals surface area contributed by atoms with E-state index in [-0.39, 0.29) is 12.5 Å². The number of morpholine rings is 1. The summed E-state index contributed by atoms with van der Waals surface area (Å²) in [5, 5.41) is 15.9. The van der Waals surface area contributed by atoms with Crippen molar-refractivity contribution in [1.82, 2.24) is 20.5 Å². The Morgan fingerprint density at radius 3 is 3.11 bits per heavy atom. The van der Waals surface area contributed by atoms with Gasteiger partial charge in [-0.3, -0.25) is 14.8 Å². The number of aromatic nitrogens is 1. The zero-order valence-corrected chi connectivity index (χ0v) is 15.2. The van der Waals surface area contributed by atoms with Crippen LogP contribution in [0.1, 0.15) is 19.0 Å². The van der Waals surface area contributed by atoms with Crippen molar-refractivity contribution in [2.45, 2.75) is 13.3 Å². The van der Waals surface area contributed by atoms with Crippen LogP contribution in [0.25, 0.3) is 5.57 Å². The molecule has 0 aromatic carbocycles. The Hall–Kier alpha value is -3.18. The molecule has 0 radical (unpaired) electrons. The van der Waals surface area contributed by atoms with Gasteiger partial charge in [0.2, 0.25) is 5.91 Å². The summed E-state index contributed by atoms with van der Waals surface area (Å²) >= 11 is 0. The summed E-state index contributed by atoms with van der Waals surface area (Å²) in [7, 11) is 0. The van der Waals surface area contributed by atoms with E-state index in [0.29, 0.717) is 49.2 Å². The first kappa shape index (κ1) is 18.6. The normalized spacial score (nSPS) is 20.4. The van der Waals surface area contributed by atoms with Gasteiger partial charge in [-0.1, -0.05) is 6.07 Å². The SMILES string of the molecule is CC1=CNC(=NCCCN2CCOCC2=O)N/C1=C(/C#N)c1ccccn1. The van der Waals surface area contributed by atoms with Crippen molar-refractivity contribution in [2.24, 2.45) is 4.99 Å². The lowest BCUT2D eigenvalue weighted by molar-refractivity contribution is -0.142. The molecule has 0 aliphatic carbocycles. The van der Waals surface area contributed by atoms with E-state index in [1.165, 1.54) is 0 Å². The molecule has 2 aliphatic rings. The van der Waals surface area contributed by atoms with Crippen LogP contribution in [0, 0.1) is 11.3 Å². The molecular formula is C19H22N6O2. The highest BCUT2D eigenvalue weighted by Gasteiger charge is 2.19. The Morgan fingerprint density at radius 2 is 2.37 bits per heavy atom. The van der Waals surface area contributed by atoms with Gasteiger partial charge in [0.15, 0.2) is 5.96 Å². The topological polar surface area (TPSA) is 103 Å². The number of nitrogens with zero attached hydrogens (tertiary/aromatic N) is 4. The fourth-order valence-corrected chi connectivity index (χ4v) is 2.84. The van der Waals surface area contributed by atoms with Crippen LogP contribution >= 0.6 is 0 Å². The predicted octanol–water partition coefficient (Wildman–Crippen LogP) is 1.02. The lowest BCUT2D eigenvalue weighted by atomic mass is 10.1. The van der Waals surface area contributed by atoms with Gasteiger partial charge in [0.1, 0.15) is 18.2 Å². The minimum absolute atomic E-state index is 0.0284. The molecule has 3 rings (SSSR count). The number of carbonyl (C=O) groups excluding carboxylic acids is 1. The Morgan fingerprint density at radius 1 is 1.48 bits per heavy atom. The van der Waals surface area contributed by atoms with Gasteiger partial charge in [-0.25, -0.2) is 0 Å². The van der Waals surface area contributed by atoms with Crippen LogP contribution in [0.3, 0.4) is 0 Å². The number of ether oxygens (including phenoxy) is 1. The molecule has 0 saturated carbocycles. The Labute approximate surface area is 158 Å². The third kappa shape index (κ3) is 4.71. The van der Waals surface area contributed by atoms with Crippen molar-refractivity contribution in [3.63, 3.8) is 0 Å². The highest BCUT2D eigenvalue weighted by Crippen LogP contribution is 2.21. The second-order valence-electron chi connectivity index (χ2n) is 6.19. The van der Waals surface area contributed by atoms with Gasteiger partial charge in [-0.2, -0.15) is 5.26 Å². The van der Waals surface area contributed by atoms with Gasteiger partial charge in [0, 0.05) is 32.0 Å². The minimum Gasteiger partial charge on any atom is -0.370 e. The first-order valence-corrected chi connectivity index (χ1v) is 8.85. The lowest BCUT2D eigenvalue weighted by Gasteiger charge is -2.26. The molecule has 0 atom stereocenters. The molecule has 0 spiro atoms. The number of aliphatic imine (C=N–C) groups is 1. The summed E-state index contributed by atoms with van der Waals surface area (Å²) in [4.78, 5) is 22.3. The van der Waals surface area contributed by atoms with Crippen LogP contribution in [0.15, 0.2) is 46.9 Å². The van der Waals surface area contributed by atoms with Gasteiger partial charge in [-0.15, -0.1) is 0 Å². The van der Waals surface area contributed by atoms with E-state index in [1.54, 1.807) is 17.2 Å². The number of rotatable bonds is 5. The minimum atomic E-state index is 0.0284. The first-order chi connectivity index (χ1) is 13.2. The summed E-state index contributed by atoms with van der Waals surface area (Å²) in [5.74, 6) is 0.605. The predicted molar refractivity (Wildman–Crippen MR) is 101 cm³/mol. The number of carbonyl (C=O) groups is 1. The first-order valence-electron chi connectivity index (χ1n) is 8.85. The van der Waals surface area contributed by atoms with E-state index in [9.17, 15) is 10.1 Å². The van der Waals surface area contributed by atoms with Crippen molar-refractivity contribution < 1.29 is 9.53 Å². The van der Waals surface area contributed by atoms with Gasteiger partial charge in [-0.05, 0) is 31.1 Å². The Kier molecular flexibility index (Phi) is 6.18. The molecule has 1 aromatic rings. The van der Waals surface area contributed by atoms with E-state index >= 15 is 0 Å². The monoisotopic (exact) mass is 366 g/mol. The Balaban J connectivity index is 1.65. The molecule has 2 N–H and O–H groups in total. The third-order valence-electron chi connectivity index (χ3n) is 4.29. The molecule has 8 nitrogen and oxygen atoms in total. The molecule has 1 fully saturated rings. The highest BCUT2D eigenvalue weighted by atomic mass is 16.5. The largest absolute Gasteiger partial charge is 0.370 e. The highest BCUT2D eigenvalue weighted by molar-refractivity contribution is 5.90. The van der Waals surface area contributed by atoms with Crippen molar-refractivity contribution >= 4 is 17.4 Å². The average molecular weight is 366 g/mol. The number of nitriles is 1. The van der Waals surface area contributed by atoms with E-state index in [4.69, 9.17) is 4.74 Å². The van der Waals surface area contributed by atoms with Crippen molar-refractivity contribution in [1.29, 1.82) is 5.26 Å². The van der Waals surface area contributed by atoms with Gasteiger partial charge in [0.25, 0.3) is 0 Å². The quantitative estimate of drug-likeness (QED) is 0.596.